The monoisotopic (exact) mass is 522 g/mol. The van der Waals surface area contributed by atoms with Gasteiger partial charge in [0.25, 0.3) is 5.56 Å². The molecule has 1 aromatic carbocycles. The number of hydrogen-bond donors (Lipinski definition) is 2. The number of esters is 1. The molecule has 5 atom stereocenters. The van der Waals surface area contributed by atoms with Crippen LogP contribution in [0.1, 0.15) is 30.7 Å². The van der Waals surface area contributed by atoms with Crippen molar-refractivity contribution >= 4 is 13.7 Å². The first kappa shape index (κ1) is 27.2. The van der Waals surface area contributed by atoms with Gasteiger partial charge in [0.15, 0.2) is 0 Å². The lowest BCUT2D eigenvalue weighted by Crippen LogP contribution is -2.36. The van der Waals surface area contributed by atoms with E-state index in [4.69, 9.17) is 19.3 Å². The fourth-order valence-corrected chi connectivity index (χ4v) is 4.99. The van der Waals surface area contributed by atoms with E-state index in [1.165, 1.54) is 31.7 Å². The maximum Gasteiger partial charge on any atom is 0.459 e. The van der Waals surface area contributed by atoms with E-state index in [9.17, 15) is 18.9 Å². The van der Waals surface area contributed by atoms with Crippen molar-refractivity contribution in [3.8, 4) is 5.75 Å². The van der Waals surface area contributed by atoms with Gasteiger partial charge in [-0.05, 0) is 38.4 Å². The van der Waals surface area contributed by atoms with Gasteiger partial charge in [-0.2, -0.15) is 5.09 Å². The third kappa shape index (κ3) is 6.62. The maximum absolute atomic E-state index is 13.6. The highest BCUT2D eigenvalue weighted by atomic mass is 31.2. The Hall–Kier alpha value is -3.41. The SMILES string of the molecule is COC(=O)C(C)NP(=O)(OC[C@H]1O[C@@H](n2cc(C)c(=O)[nH]c2=O)C[C@H]1N=[N+]=[N-])Oc1ccc(C)cc1. The molecule has 3 rings (SSSR count). The number of benzene rings is 1. The molecule has 14 nitrogen and oxygen atoms in total. The van der Waals surface area contributed by atoms with E-state index in [0.29, 0.717) is 0 Å². The number of rotatable bonds is 10. The van der Waals surface area contributed by atoms with Gasteiger partial charge in [0.05, 0.1) is 25.9 Å². The van der Waals surface area contributed by atoms with Crippen LogP contribution in [-0.2, 0) is 23.4 Å². The van der Waals surface area contributed by atoms with Crippen LogP contribution in [0.15, 0.2) is 45.2 Å². The molecule has 0 amide bonds. The predicted octanol–water partition coefficient (Wildman–Crippen LogP) is 2.47. The Morgan fingerprint density at radius 2 is 2.06 bits per heavy atom. The Balaban J connectivity index is 1.82. The molecular weight excluding hydrogens is 495 g/mol. The molecular formula is C21H27N6O8P. The molecule has 0 aliphatic carbocycles. The Labute approximate surface area is 205 Å². The summed E-state index contributed by atoms with van der Waals surface area (Å²) in [6.07, 6.45) is -0.363. The molecule has 2 N–H and O–H groups in total. The van der Waals surface area contributed by atoms with Gasteiger partial charge >= 0.3 is 19.4 Å². The highest BCUT2D eigenvalue weighted by Gasteiger charge is 2.40. The first-order valence-corrected chi connectivity index (χ1v) is 12.5. The molecule has 36 heavy (non-hydrogen) atoms. The van der Waals surface area contributed by atoms with Crippen LogP contribution in [0.5, 0.6) is 5.75 Å². The number of azide groups is 1. The third-order valence-electron chi connectivity index (χ3n) is 5.42. The van der Waals surface area contributed by atoms with Crippen LogP contribution in [-0.4, -0.2) is 47.4 Å². The van der Waals surface area contributed by atoms with E-state index in [2.05, 4.69) is 24.8 Å². The van der Waals surface area contributed by atoms with Gasteiger partial charge in [-0.15, -0.1) is 0 Å². The van der Waals surface area contributed by atoms with E-state index in [0.717, 1.165) is 5.56 Å². The van der Waals surface area contributed by atoms with E-state index in [1.54, 1.807) is 24.3 Å². The minimum atomic E-state index is -4.17. The van der Waals surface area contributed by atoms with E-state index < -0.39 is 49.4 Å². The number of ether oxygens (including phenoxy) is 2. The van der Waals surface area contributed by atoms with Crippen molar-refractivity contribution in [1.29, 1.82) is 0 Å². The van der Waals surface area contributed by atoms with Crippen LogP contribution in [0, 0.1) is 13.8 Å². The minimum absolute atomic E-state index is 0.0958. The molecule has 2 heterocycles. The second kappa shape index (κ2) is 11.5. The highest BCUT2D eigenvalue weighted by molar-refractivity contribution is 7.52. The van der Waals surface area contributed by atoms with Gasteiger partial charge in [-0.25, -0.2) is 9.36 Å². The van der Waals surface area contributed by atoms with Crippen LogP contribution in [0.3, 0.4) is 0 Å². The van der Waals surface area contributed by atoms with Crippen molar-refractivity contribution in [2.75, 3.05) is 13.7 Å². The Morgan fingerprint density at radius 1 is 1.36 bits per heavy atom. The average molecular weight is 522 g/mol. The summed E-state index contributed by atoms with van der Waals surface area (Å²) in [6, 6.07) is 4.84. The van der Waals surface area contributed by atoms with Crippen LogP contribution >= 0.6 is 7.75 Å². The number of aromatic nitrogens is 2. The number of nitrogens with one attached hydrogen (secondary N) is 2. The van der Waals surface area contributed by atoms with Gasteiger partial charge in [-0.1, -0.05) is 22.8 Å². The second-order valence-corrected chi connectivity index (χ2v) is 9.88. The second-order valence-electron chi connectivity index (χ2n) is 8.19. The lowest BCUT2D eigenvalue weighted by atomic mass is 10.1. The normalized spacial score (nSPS) is 21.7. The van der Waals surface area contributed by atoms with Crippen molar-refractivity contribution in [3.05, 3.63) is 72.9 Å². The summed E-state index contributed by atoms with van der Waals surface area (Å²) < 4.78 is 36.5. The molecule has 2 aromatic rings. The fraction of sp³-hybridized carbons (Fsp3) is 0.476. The van der Waals surface area contributed by atoms with Crippen LogP contribution in [0.4, 0.5) is 0 Å². The zero-order chi connectivity index (χ0) is 26.5. The fourth-order valence-electron chi connectivity index (χ4n) is 3.49. The van der Waals surface area contributed by atoms with Crippen molar-refractivity contribution in [3.63, 3.8) is 0 Å². The largest absolute Gasteiger partial charge is 0.468 e. The van der Waals surface area contributed by atoms with Crippen molar-refractivity contribution in [2.24, 2.45) is 5.11 Å². The van der Waals surface area contributed by atoms with Crippen LogP contribution in [0.2, 0.25) is 0 Å². The summed E-state index contributed by atoms with van der Waals surface area (Å²) in [5.41, 5.74) is 9.00. The molecule has 1 fully saturated rings. The molecule has 1 aliphatic rings. The number of methoxy groups -OCH3 is 1. The molecule has 2 unspecified atom stereocenters. The lowest BCUT2D eigenvalue weighted by Gasteiger charge is -2.24. The quantitative estimate of drug-likeness (QED) is 0.155. The maximum atomic E-state index is 13.6. The zero-order valence-electron chi connectivity index (χ0n) is 20.1. The predicted molar refractivity (Wildman–Crippen MR) is 127 cm³/mol. The molecule has 194 valence electrons. The summed E-state index contributed by atoms with van der Waals surface area (Å²) >= 11 is 0. The molecule has 15 heteroatoms. The topological polar surface area (TPSA) is 187 Å². The smallest absolute Gasteiger partial charge is 0.459 e. The number of carbonyl (C=O) groups is 1. The third-order valence-corrected chi connectivity index (χ3v) is 7.07. The Bertz CT molecular complexity index is 1300. The van der Waals surface area contributed by atoms with Gasteiger partial charge in [0, 0.05) is 23.1 Å². The first-order chi connectivity index (χ1) is 17.0. The summed E-state index contributed by atoms with van der Waals surface area (Å²) in [4.78, 5) is 40.9. The van der Waals surface area contributed by atoms with Crippen molar-refractivity contribution in [2.45, 2.75) is 51.6 Å². The Morgan fingerprint density at radius 3 is 2.69 bits per heavy atom. The van der Waals surface area contributed by atoms with E-state index in [1.807, 2.05) is 6.92 Å². The zero-order valence-corrected chi connectivity index (χ0v) is 21.0. The number of nitrogens with zero attached hydrogens (tertiary/aromatic N) is 4. The van der Waals surface area contributed by atoms with Crippen molar-refractivity contribution < 1.29 is 27.9 Å². The molecule has 1 aliphatic heterocycles. The summed E-state index contributed by atoms with van der Waals surface area (Å²) in [5, 5.41) is 6.24. The minimum Gasteiger partial charge on any atom is -0.468 e. The lowest BCUT2D eigenvalue weighted by molar-refractivity contribution is -0.142. The molecule has 0 spiro atoms. The Kier molecular flexibility index (Phi) is 8.72. The van der Waals surface area contributed by atoms with Crippen molar-refractivity contribution in [1.82, 2.24) is 14.6 Å². The summed E-state index contributed by atoms with van der Waals surface area (Å²) in [5.74, 6) is -0.469. The molecule has 1 saturated heterocycles. The van der Waals surface area contributed by atoms with Crippen LogP contribution < -0.4 is 20.9 Å². The number of aryl methyl sites for hydroxylation is 2. The van der Waals surface area contributed by atoms with Crippen LogP contribution in [0.25, 0.3) is 10.4 Å². The van der Waals surface area contributed by atoms with Gasteiger partial charge in [-0.3, -0.25) is 23.7 Å². The first-order valence-electron chi connectivity index (χ1n) is 10.9. The standard InChI is InChI=1S/C21H27N6O8P/c1-12-5-7-15(8-6-12)35-36(31,25-14(3)20(29)32-4)33-11-17-16(24-26-22)9-18(34-17)27-10-13(2)19(28)23-21(27)30/h5-8,10,14,16-18H,9,11H2,1-4H3,(H,25,31)(H,23,28,30)/t14?,16-,17-,18-,36?/m1/s1. The molecule has 0 bridgehead atoms. The van der Waals surface area contributed by atoms with Gasteiger partial charge in [0.2, 0.25) is 0 Å². The van der Waals surface area contributed by atoms with Gasteiger partial charge < -0.3 is 14.0 Å². The molecule has 0 radical (unpaired) electrons. The summed E-state index contributed by atoms with van der Waals surface area (Å²) in [7, 11) is -2.99. The average Bonchev–Trinajstić information content (AvgIpc) is 3.23. The van der Waals surface area contributed by atoms with Gasteiger partial charge in [0.1, 0.15) is 18.0 Å². The number of carbonyl (C=O) groups excluding carboxylic acids is 1. The van der Waals surface area contributed by atoms with E-state index >= 15 is 0 Å². The van der Waals surface area contributed by atoms with E-state index in [-0.39, 0.29) is 24.3 Å². The summed E-state index contributed by atoms with van der Waals surface area (Å²) in [6.45, 7) is 4.45. The molecule has 0 saturated carbocycles. The number of aromatic amines is 1. The number of H-pyrrole nitrogens is 1. The number of hydrogen-bond acceptors (Lipinski definition) is 9. The molecule has 1 aromatic heterocycles. The highest BCUT2D eigenvalue weighted by Crippen LogP contribution is 2.46.